The first kappa shape index (κ1) is 12.4. The number of nitrogens with two attached hydrogens (primary N) is 1. The van der Waals surface area contributed by atoms with Crippen molar-refractivity contribution in [2.75, 3.05) is 40.3 Å². The Balaban J connectivity index is 2.23. The van der Waals surface area contributed by atoms with Gasteiger partial charge in [0.15, 0.2) is 0 Å². The predicted octanol–water partition coefficient (Wildman–Crippen LogP) is -0.718. The van der Waals surface area contributed by atoms with Crippen molar-refractivity contribution in [1.82, 2.24) is 9.80 Å². The average molecular weight is 215 g/mol. The lowest BCUT2D eigenvalue weighted by molar-refractivity contribution is -0.138. The molecule has 0 aromatic heterocycles. The third kappa shape index (κ3) is 4.15. The average Bonchev–Trinajstić information content (AvgIpc) is 2.50. The molecule has 5 nitrogen and oxygen atoms in total. The number of carboxylic acids is 1. The van der Waals surface area contributed by atoms with Crippen molar-refractivity contribution in [2.24, 2.45) is 11.7 Å². The molecule has 2 unspecified atom stereocenters. The van der Waals surface area contributed by atoms with Crippen LogP contribution >= 0.6 is 0 Å². The van der Waals surface area contributed by atoms with Gasteiger partial charge in [-0.3, -0.25) is 4.79 Å². The highest BCUT2D eigenvalue weighted by Gasteiger charge is 2.22. The zero-order chi connectivity index (χ0) is 11.4. The van der Waals surface area contributed by atoms with Crippen molar-refractivity contribution in [3.8, 4) is 0 Å². The van der Waals surface area contributed by atoms with Gasteiger partial charge >= 0.3 is 5.97 Å². The van der Waals surface area contributed by atoms with Crippen LogP contribution in [-0.4, -0.2) is 67.2 Å². The standard InChI is InChI=1S/C10H21N3O2/c1-12-4-3-8(5-12)6-13(2)7-9(11)10(14)15/h8-9H,3-7,11H2,1-2H3,(H,14,15). The maximum absolute atomic E-state index is 10.6. The fourth-order valence-corrected chi connectivity index (χ4v) is 2.10. The van der Waals surface area contributed by atoms with Crippen molar-refractivity contribution in [2.45, 2.75) is 12.5 Å². The molecular formula is C10H21N3O2. The van der Waals surface area contributed by atoms with Crippen molar-refractivity contribution < 1.29 is 9.90 Å². The number of carboxylic acid groups (broad SMARTS) is 1. The Morgan fingerprint density at radius 3 is 2.87 bits per heavy atom. The molecule has 1 aliphatic rings. The Labute approximate surface area is 90.8 Å². The first-order chi connectivity index (χ1) is 6.99. The van der Waals surface area contributed by atoms with Crippen LogP contribution in [0.1, 0.15) is 6.42 Å². The van der Waals surface area contributed by atoms with E-state index in [4.69, 9.17) is 10.8 Å². The van der Waals surface area contributed by atoms with E-state index in [2.05, 4.69) is 11.9 Å². The third-order valence-corrected chi connectivity index (χ3v) is 2.88. The minimum atomic E-state index is -0.926. The SMILES string of the molecule is CN1CCC(CN(C)CC(N)C(=O)O)C1. The van der Waals surface area contributed by atoms with E-state index in [0.29, 0.717) is 12.5 Å². The smallest absolute Gasteiger partial charge is 0.321 e. The highest BCUT2D eigenvalue weighted by Crippen LogP contribution is 2.14. The fourth-order valence-electron chi connectivity index (χ4n) is 2.10. The molecular weight excluding hydrogens is 194 g/mol. The molecule has 5 heteroatoms. The van der Waals surface area contributed by atoms with Gasteiger partial charge in [-0.15, -0.1) is 0 Å². The van der Waals surface area contributed by atoms with E-state index in [1.165, 1.54) is 6.42 Å². The predicted molar refractivity (Wildman–Crippen MR) is 58.7 cm³/mol. The molecule has 1 rings (SSSR count). The molecule has 15 heavy (non-hydrogen) atoms. The zero-order valence-electron chi connectivity index (χ0n) is 9.52. The van der Waals surface area contributed by atoms with Crippen LogP contribution in [0.25, 0.3) is 0 Å². The third-order valence-electron chi connectivity index (χ3n) is 2.88. The summed E-state index contributed by atoms with van der Waals surface area (Å²) in [5, 5.41) is 8.67. The Kier molecular flexibility index (Phi) is 4.50. The zero-order valence-corrected chi connectivity index (χ0v) is 9.52. The van der Waals surface area contributed by atoms with Crippen molar-refractivity contribution in [1.29, 1.82) is 0 Å². The molecule has 88 valence electrons. The first-order valence-electron chi connectivity index (χ1n) is 5.34. The van der Waals surface area contributed by atoms with Gasteiger partial charge in [-0.05, 0) is 33.0 Å². The lowest BCUT2D eigenvalue weighted by atomic mass is 10.1. The van der Waals surface area contributed by atoms with Crippen molar-refractivity contribution in [3.63, 3.8) is 0 Å². The van der Waals surface area contributed by atoms with Crippen LogP contribution in [0, 0.1) is 5.92 Å². The van der Waals surface area contributed by atoms with Crippen LogP contribution in [0.4, 0.5) is 0 Å². The van der Waals surface area contributed by atoms with Crippen LogP contribution in [-0.2, 0) is 4.79 Å². The van der Waals surface area contributed by atoms with Gasteiger partial charge in [0.05, 0.1) is 0 Å². The Hall–Kier alpha value is -0.650. The van der Waals surface area contributed by atoms with Gasteiger partial charge in [0.25, 0.3) is 0 Å². The molecule has 0 aromatic rings. The highest BCUT2D eigenvalue weighted by atomic mass is 16.4. The van der Waals surface area contributed by atoms with E-state index in [1.54, 1.807) is 0 Å². The maximum atomic E-state index is 10.6. The molecule has 0 aliphatic carbocycles. The van der Waals surface area contributed by atoms with Gasteiger partial charge in [-0.1, -0.05) is 0 Å². The Morgan fingerprint density at radius 1 is 1.73 bits per heavy atom. The molecule has 0 radical (unpaired) electrons. The fraction of sp³-hybridized carbons (Fsp3) is 0.900. The summed E-state index contributed by atoms with van der Waals surface area (Å²) in [5.74, 6) is -0.272. The second-order valence-corrected chi connectivity index (χ2v) is 4.58. The topological polar surface area (TPSA) is 69.8 Å². The minimum Gasteiger partial charge on any atom is -0.480 e. The quantitative estimate of drug-likeness (QED) is 0.633. The molecule has 0 amide bonds. The normalized spacial score (nSPS) is 24.7. The second kappa shape index (κ2) is 5.44. The van der Waals surface area contributed by atoms with E-state index >= 15 is 0 Å². The molecule has 1 saturated heterocycles. The summed E-state index contributed by atoms with van der Waals surface area (Å²) < 4.78 is 0. The van der Waals surface area contributed by atoms with E-state index in [9.17, 15) is 4.79 Å². The minimum absolute atomic E-state index is 0.426. The number of carbonyl (C=O) groups is 1. The molecule has 0 bridgehead atoms. The van der Waals surface area contributed by atoms with Gasteiger partial charge in [0.2, 0.25) is 0 Å². The lowest BCUT2D eigenvalue weighted by Crippen LogP contribution is -2.42. The molecule has 1 aliphatic heterocycles. The molecule has 2 atom stereocenters. The summed E-state index contributed by atoms with van der Waals surface area (Å²) in [6.07, 6.45) is 1.20. The molecule has 0 spiro atoms. The van der Waals surface area contributed by atoms with Crippen LogP contribution in [0.15, 0.2) is 0 Å². The first-order valence-corrected chi connectivity index (χ1v) is 5.34. The summed E-state index contributed by atoms with van der Waals surface area (Å²) in [4.78, 5) is 14.9. The van der Waals surface area contributed by atoms with Gasteiger partial charge in [-0.25, -0.2) is 0 Å². The number of likely N-dealkylation sites (N-methyl/N-ethyl adjacent to an activating group) is 1. The molecule has 3 N–H and O–H groups in total. The van der Waals surface area contributed by atoms with Gasteiger partial charge in [-0.2, -0.15) is 0 Å². The van der Waals surface area contributed by atoms with E-state index < -0.39 is 12.0 Å². The van der Waals surface area contributed by atoms with Gasteiger partial charge in [0.1, 0.15) is 6.04 Å². The maximum Gasteiger partial charge on any atom is 0.321 e. The molecule has 1 heterocycles. The van der Waals surface area contributed by atoms with Crippen molar-refractivity contribution in [3.05, 3.63) is 0 Å². The monoisotopic (exact) mass is 215 g/mol. The van der Waals surface area contributed by atoms with E-state index in [-0.39, 0.29) is 0 Å². The number of nitrogens with zero attached hydrogens (tertiary/aromatic N) is 2. The largest absolute Gasteiger partial charge is 0.480 e. The summed E-state index contributed by atoms with van der Waals surface area (Å²) >= 11 is 0. The second-order valence-electron chi connectivity index (χ2n) is 4.58. The van der Waals surface area contributed by atoms with Crippen LogP contribution in [0.2, 0.25) is 0 Å². The van der Waals surface area contributed by atoms with Gasteiger partial charge in [0, 0.05) is 19.6 Å². The number of aliphatic carboxylic acids is 1. The Morgan fingerprint density at radius 2 is 2.40 bits per heavy atom. The Bertz CT molecular complexity index is 223. The molecule has 0 aromatic carbocycles. The number of hydrogen-bond acceptors (Lipinski definition) is 4. The highest BCUT2D eigenvalue weighted by molar-refractivity contribution is 5.73. The van der Waals surface area contributed by atoms with Crippen LogP contribution in [0.5, 0.6) is 0 Å². The van der Waals surface area contributed by atoms with Crippen molar-refractivity contribution >= 4 is 5.97 Å². The summed E-state index contributed by atoms with van der Waals surface area (Å²) in [7, 11) is 4.05. The number of likely N-dealkylation sites (tertiary alicyclic amines) is 1. The van der Waals surface area contributed by atoms with Gasteiger partial charge < -0.3 is 20.6 Å². The molecule has 0 saturated carbocycles. The van der Waals surface area contributed by atoms with Crippen LogP contribution in [0.3, 0.4) is 0 Å². The van der Waals surface area contributed by atoms with Crippen LogP contribution < -0.4 is 5.73 Å². The summed E-state index contributed by atoms with van der Waals surface area (Å²) in [5.41, 5.74) is 5.47. The lowest BCUT2D eigenvalue weighted by Gasteiger charge is -2.22. The van der Waals surface area contributed by atoms with E-state index in [1.807, 2.05) is 11.9 Å². The number of hydrogen-bond donors (Lipinski definition) is 2. The number of rotatable bonds is 5. The molecule has 1 fully saturated rings. The van der Waals surface area contributed by atoms with E-state index in [0.717, 1.165) is 19.6 Å². The summed E-state index contributed by atoms with van der Waals surface area (Å²) in [6, 6.07) is -0.769. The summed E-state index contributed by atoms with van der Waals surface area (Å²) in [6.45, 7) is 3.61.